The Morgan fingerprint density at radius 3 is 2.41 bits per heavy atom. The molecule has 1 N–H and O–H groups in total. The predicted molar refractivity (Wildman–Crippen MR) is 72.1 cm³/mol. The van der Waals surface area contributed by atoms with Gasteiger partial charge in [0.2, 0.25) is 0 Å². The molecule has 0 amide bonds. The molecule has 2 unspecified atom stereocenters. The third-order valence-electron chi connectivity index (χ3n) is 5.04. The molecule has 17 heavy (non-hydrogen) atoms. The molecule has 2 nitrogen and oxygen atoms in total. The Hall–Kier alpha value is -0.0800. The van der Waals surface area contributed by atoms with Crippen molar-refractivity contribution in [2.75, 3.05) is 13.6 Å². The van der Waals surface area contributed by atoms with Gasteiger partial charge in [-0.3, -0.25) is 0 Å². The summed E-state index contributed by atoms with van der Waals surface area (Å²) in [6.45, 7) is 3.22. The number of likely N-dealkylation sites (N-methyl/N-ethyl adjacent to an activating group) is 1. The van der Waals surface area contributed by atoms with Gasteiger partial charge in [-0.15, -0.1) is 0 Å². The molecule has 0 radical (unpaired) electrons. The van der Waals surface area contributed by atoms with E-state index in [1.165, 1.54) is 44.9 Å². The highest BCUT2D eigenvalue weighted by Crippen LogP contribution is 2.34. The van der Waals surface area contributed by atoms with Crippen molar-refractivity contribution in [3.63, 3.8) is 0 Å². The fourth-order valence-electron chi connectivity index (χ4n) is 4.02. The maximum atomic E-state index is 10.5. The van der Waals surface area contributed by atoms with Gasteiger partial charge in [0.15, 0.2) is 0 Å². The van der Waals surface area contributed by atoms with Gasteiger partial charge in [-0.25, -0.2) is 0 Å². The van der Waals surface area contributed by atoms with Crippen molar-refractivity contribution >= 4 is 0 Å². The Labute approximate surface area is 106 Å². The van der Waals surface area contributed by atoms with Crippen molar-refractivity contribution in [3.05, 3.63) is 0 Å². The molecular formula is C15H29NO. The third kappa shape index (κ3) is 3.23. The van der Waals surface area contributed by atoms with Crippen molar-refractivity contribution < 1.29 is 5.11 Å². The summed E-state index contributed by atoms with van der Waals surface area (Å²) >= 11 is 0. The molecule has 2 rings (SSSR count). The summed E-state index contributed by atoms with van der Waals surface area (Å²) in [5.74, 6) is 0.860. The number of nitrogens with zero attached hydrogens (tertiary/aromatic N) is 1. The van der Waals surface area contributed by atoms with E-state index in [1.54, 1.807) is 0 Å². The van der Waals surface area contributed by atoms with E-state index in [-0.39, 0.29) is 5.60 Å². The Kier molecular flexibility index (Phi) is 4.48. The normalized spacial score (nSPS) is 33.2. The monoisotopic (exact) mass is 239 g/mol. The van der Waals surface area contributed by atoms with Gasteiger partial charge in [0.25, 0.3) is 0 Å². The smallest absolute Gasteiger partial charge is 0.0774 e. The van der Waals surface area contributed by atoms with Crippen LogP contribution >= 0.6 is 0 Å². The highest BCUT2D eigenvalue weighted by molar-refractivity contribution is 4.90. The molecular weight excluding hydrogens is 210 g/mol. The van der Waals surface area contributed by atoms with Crippen LogP contribution in [0.5, 0.6) is 0 Å². The predicted octanol–water partition coefficient (Wildman–Crippen LogP) is 3.19. The second kappa shape index (κ2) is 5.71. The number of hydrogen-bond donors (Lipinski definition) is 1. The lowest BCUT2D eigenvalue weighted by Crippen LogP contribution is -2.47. The fourth-order valence-corrected chi connectivity index (χ4v) is 4.02. The van der Waals surface area contributed by atoms with Gasteiger partial charge >= 0.3 is 0 Å². The molecule has 0 aliphatic heterocycles. The Morgan fingerprint density at radius 1 is 1.12 bits per heavy atom. The minimum atomic E-state index is -0.371. The Morgan fingerprint density at radius 2 is 1.76 bits per heavy atom. The van der Waals surface area contributed by atoms with Crippen LogP contribution in [0.3, 0.4) is 0 Å². The molecule has 0 aromatic heterocycles. The standard InChI is InChI=1S/C15H29NO/c1-3-13-8-4-5-9-14(13)16(2)12-15(17)10-6-7-11-15/h13-14,17H,3-12H2,1-2H3. The number of hydrogen-bond acceptors (Lipinski definition) is 2. The lowest BCUT2D eigenvalue weighted by molar-refractivity contribution is -0.00911. The molecule has 0 heterocycles. The van der Waals surface area contributed by atoms with Crippen molar-refractivity contribution in [2.45, 2.75) is 76.4 Å². The molecule has 0 spiro atoms. The maximum Gasteiger partial charge on any atom is 0.0774 e. The molecule has 0 saturated heterocycles. The summed E-state index contributed by atoms with van der Waals surface area (Å²) in [6, 6.07) is 0.721. The van der Waals surface area contributed by atoms with Gasteiger partial charge in [-0.1, -0.05) is 39.0 Å². The first-order chi connectivity index (χ1) is 8.14. The van der Waals surface area contributed by atoms with Crippen LogP contribution in [-0.2, 0) is 0 Å². The van der Waals surface area contributed by atoms with Crippen molar-refractivity contribution in [1.29, 1.82) is 0 Å². The maximum absolute atomic E-state index is 10.5. The van der Waals surface area contributed by atoms with Crippen LogP contribution in [0.15, 0.2) is 0 Å². The van der Waals surface area contributed by atoms with E-state index in [0.29, 0.717) is 0 Å². The number of rotatable bonds is 4. The van der Waals surface area contributed by atoms with Crippen molar-refractivity contribution in [3.8, 4) is 0 Å². The lowest BCUT2D eigenvalue weighted by atomic mass is 9.81. The minimum Gasteiger partial charge on any atom is -0.389 e. The average Bonchev–Trinajstić information content (AvgIpc) is 2.75. The van der Waals surface area contributed by atoms with Crippen LogP contribution in [0.2, 0.25) is 0 Å². The second-order valence-corrected chi connectivity index (χ2v) is 6.37. The highest BCUT2D eigenvalue weighted by Gasteiger charge is 2.35. The number of aliphatic hydroxyl groups is 1. The van der Waals surface area contributed by atoms with E-state index in [0.717, 1.165) is 31.3 Å². The first-order valence-corrected chi connectivity index (χ1v) is 7.57. The van der Waals surface area contributed by atoms with Crippen LogP contribution < -0.4 is 0 Å². The zero-order valence-electron chi connectivity index (χ0n) is 11.6. The van der Waals surface area contributed by atoms with Gasteiger partial charge in [-0.05, 0) is 38.6 Å². The fraction of sp³-hybridized carbons (Fsp3) is 1.00. The molecule has 100 valence electrons. The summed E-state index contributed by atoms with van der Waals surface area (Å²) in [5, 5.41) is 10.5. The highest BCUT2D eigenvalue weighted by atomic mass is 16.3. The summed E-state index contributed by atoms with van der Waals surface area (Å²) in [7, 11) is 2.23. The van der Waals surface area contributed by atoms with Gasteiger partial charge in [0.05, 0.1) is 5.60 Å². The molecule has 2 atom stereocenters. The molecule has 0 bridgehead atoms. The average molecular weight is 239 g/mol. The topological polar surface area (TPSA) is 23.5 Å². The first-order valence-electron chi connectivity index (χ1n) is 7.57. The minimum absolute atomic E-state index is 0.371. The Balaban J connectivity index is 1.91. The zero-order chi connectivity index (χ0) is 12.3. The van der Waals surface area contributed by atoms with E-state index in [2.05, 4.69) is 18.9 Å². The lowest BCUT2D eigenvalue weighted by Gasteiger charge is -2.40. The SMILES string of the molecule is CCC1CCCCC1N(C)CC1(O)CCCC1. The van der Waals surface area contributed by atoms with E-state index in [1.807, 2.05) is 0 Å². The van der Waals surface area contributed by atoms with E-state index in [9.17, 15) is 5.11 Å². The molecule has 2 aliphatic rings. The van der Waals surface area contributed by atoms with Crippen LogP contribution in [0.1, 0.15) is 64.7 Å². The summed E-state index contributed by atoms with van der Waals surface area (Å²) in [4.78, 5) is 2.47. The molecule has 2 heteroatoms. The quantitative estimate of drug-likeness (QED) is 0.814. The van der Waals surface area contributed by atoms with E-state index in [4.69, 9.17) is 0 Å². The van der Waals surface area contributed by atoms with Gasteiger partial charge in [0.1, 0.15) is 0 Å². The largest absolute Gasteiger partial charge is 0.389 e. The van der Waals surface area contributed by atoms with E-state index < -0.39 is 0 Å². The van der Waals surface area contributed by atoms with Gasteiger partial charge in [0, 0.05) is 12.6 Å². The molecule has 2 saturated carbocycles. The van der Waals surface area contributed by atoms with Crippen LogP contribution in [0.4, 0.5) is 0 Å². The van der Waals surface area contributed by atoms with Crippen molar-refractivity contribution in [1.82, 2.24) is 4.90 Å². The third-order valence-corrected chi connectivity index (χ3v) is 5.04. The molecule has 2 fully saturated rings. The molecule has 2 aliphatic carbocycles. The Bertz CT molecular complexity index is 235. The summed E-state index contributed by atoms with van der Waals surface area (Å²) in [6.07, 6.45) is 11.3. The zero-order valence-corrected chi connectivity index (χ0v) is 11.6. The van der Waals surface area contributed by atoms with Gasteiger partial charge < -0.3 is 10.0 Å². The summed E-state index contributed by atoms with van der Waals surface area (Å²) in [5.41, 5.74) is -0.371. The van der Waals surface area contributed by atoms with Crippen LogP contribution in [-0.4, -0.2) is 35.2 Å². The van der Waals surface area contributed by atoms with Gasteiger partial charge in [-0.2, -0.15) is 0 Å². The van der Waals surface area contributed by atoms with Crippen LogP contribution in [0.25, 0.3) is 0 Å². The second-order valence-electron chi connectivity index (χ2n) is 6.37. The molecule has 0 aromatic carbocycles. The van der Waals surface area contributed by atoms with E-state index >= 15 is 0 Å². The molecule has 0 aromatic rings. The summed E-state index contributed by atoms with van der Waals surface area (Å²) < 4.78 is 0. The van der Waals surface area contributed by atoms with Crippen molar-refractivity contribution in [2.24, 2.45) is 5.92 Å². The van der Waals surface area contributed by atoms with Crippen LogP contribution in [0, 0.1) is 5.92 Å². The first kappa shape index (κ1) is 13.4.